The van der Waals surface area contributed by atoms with Crippen LogP contribution in [-0.2, 0) is 6.54 Å². The molecule has 0 fully saturated rings. The van der Waals surface area contributed by atoms with Gasteiger partial charge in [0.05, 0.1) is 17.2 Å². The number of guanidine groups is 1. The van der Waals surface area contributed by atoms with E-state index < -0.39 is 0 Å². The van der Waals surface area contributed by atoms with Crippen LogP contribution >= 0.6 is 11.3 Å². The van der Waals surface area contributed by atoms with Gasteiger partial charge in [-0.05, 0) is 27.2 Å². The van der Waals surface area contributed by atoms with Crippen LogP contribution in [0, 0.1) is 13.8 Å². The molecule has 108 valence electrons. The molecule has 1 heterocycles. The van der Waals surface area contributed by atoms with Gasteiger partial charge in [0.15, 0.2) is 5.96 Å². The number of aromatic nitrogens is 1. The fraction of sp³-hybridized carbons (Fsp3) is 0.714. The molecule has 0 aliphatic carbocycles. The van der Waals surface area contributed by atoms with E-state index >= 15 is 0 Å². The van der Waals surface area contributed by atoms with Crippen LogP contribution < -0.4 is 10.6 Å². The van der Waals surface area contributed by atoms with Crippen LogP contribution in [0.2, 0.25) is 0 Å². The minimum atomic E-state index is 0.709. The predicted octanol–water partition coefficient (Wildman–Crippen LogP) is 3.01. The molecule has 0 aliphatic heterocycles. The van der Waals surface area contributed by atoms with Crippen molar-refractivity contribution < 1.29 is 0 Å². The SMILES string of the molecule is CCCCCNC(=NCc1sc(C)nc1C)NCC. The van der Waals surface area contributed by atoms with E-state index in [0.29, 0.717) is 6.54 Å². The van der Waals surface area contributed by atoms with Crippen LogP contribution in [-0.4, -0.2) is 24.0 Å². The predicted molar refractivity (Wildman–Crippen MR) is 83.9 cm³/mol. The Morgan fingerprint density at radius 2 is 2.00 bits per heavy atom. The first-order chi connectivity index (χ1) is 9.17. The maximum Gasteiger partial charge on any atom is 0.191 e. The molecule has 0 aromatic carbocycles. The smallest absolute Gasteiger partial charge is 0.191 e. The van der Waals surface area contributed by atoms with Gasteiger partial charge in [0.2, 0.25) is 0 Å². The van der Waals surface area contributed by atoms with Crippen molar-refractivity contribution in [3.8, 4) is 0 Å². The molecular weight excluding hydrogens is 256 g/mol. The number of thiazole rings is 1. The van der Waals surface area contributed by atoms with Crippen molar-refractivity contribution in [3.63, 3.8) is 0 Å². The second-order valence-corrected chi connectivity index (χ2v) is 5.86. The van der Waals surface area contributed by atoms with E-state index in [0.717, 1.165) is 29.8 Å². The standard InChI is InChI=1S/C14H26N4S/c1-5-7-8-9-16-14(15-6-2)17-10-13-11(3)18-12(4)19-13/h5-10H2,1-4H3,(H2,15,16,17). The Hall–Kier alpha value is -1.10. The number of hydrogen-bond donors (Lipinski definition) is 2. The summed E-state index contributed by atoms with van der Waals surface area (Å²) >= 11 is 1.73. The van der Waals surface area contributed by atoms with E-state index in [-0.39, 0.29) is 0 Å². The second-order valence-electron chi connectivity index (χ2n) is 4.57. The Morgan fingerprint density at radius 1 is 1.21 bits per heavy atom. The fourth-order valence-corrected chi connectivity index (χ4v) is 2.66. The third kappa shape index (κ3) is 6.05. The molecule has 5 heteroatoms. The van der Waals surface area contributed by atoms with Gasteiger partial charge < -0.3 is 10.6 Å². The van der Waals surface area contributed by atoms with Gasteiger partial charge in [-0.25, -0.2) is 9.98 Å². The fourth-order valence-electron chi connectivity index (χ4n) is 1.79. The highest BCUT2D eigenvalue weighted by Crippen LogP contribution is 2.17. The largest absolute Gasteiger partial charge is 0.357 e. The number of nitrogens with one attached hydrogen (secondary N) is 2. The average Bonchev–Trinajstić information content (AvgIpc) is 2.70. The molecule has 0 unspecified atom stereocenters. The van der Waals surface area contributed by atoms with Crippen molar-refractivity contribution in [1.29, 1.82) is 0 Å². The van der Waals surface area contributed by atoms with E-state index in [1.165, 1.54) is 24.1 Å². The summed E-state index contributed by atoms with van der Waals surface area (Å²) in [6.07, 6.45) is 3.70. The first-order valence-corrected chi connectivity index (χ1v) is 7.94. The summed E-state index contributed by atoms with van der Waals surface area (Å²) in [5, 5.41) is 7.77. The lowest BCUT2D eigenvalue weighted by molar-refractivity contribution is 0.683. The van der Waals surface area contributed by atoms with Crippen LogP contribution in [0.4, 0.5) is 0 Å². The van der Waals surface area contributed by atoms with Gasteiger partial charge in [-0.1, -0.05) is 19.8 Å². The van der Waals surface area contributed by atoms with Crippen molar-refractivity contribution in [1.82, 2.24) is 15.6 Å². The monoisotopic (exact) mass is 282 g/mol. The molecular formula is C14H26N4S. The quantitative estimate of drug-likeness (QED) is 0.459. The van der Waals surface area contributed by atoms with Crippen LogP contribution in [0.3, 0.4) is 0 Å². The molecule has 1 rings (SSSR count). The summed E-state index contributed by atoms with van der Waals surface area (Å²) in [4.78, 5) is 10.3. The van der Waals surface area contributed by atoms with Crippen LogP contribution in [0.1, 0.15) is 48.7 Å². The van der Waals surface area contributed by atoms with Crippen LogP contribution in [0.15, 0.2) is 4.99 Å². The average molecular weight is 282 g/mol. The van der Waals surface area contributed by atoms with Crippen molar-refractivity contribution in [2.75, 3.05) is 13.1 Å². The van der Waals surface area contributed by atoms with Crippen molar-refractivity contribution >= 4 is 17.3 Å². The van der Waals surface area contributed by atoms with E-state index in [2.05, 4.69) is 41.4 Å². The molecule has 2 N–H and O–H groups in total. The third-order valence-electron chi connectivity index (χ3n) is 2.80. The van der Waals surface area contributed by atoms with E-state index in [1.807, 2.05) is 6.92 Å². The minimum absolute atomic E-state index is 0.709. The molecule has 0 amide bonds. The Kier molecular flexibility index (Phi) is 7.48. The first kappa shape index (κ1) is 16.0. The summed E-state index contributed by atoms with van der Waals surface area (Å²) in [5.74, 6) is 0.907. The Bertz CT molecular complexity index is 398. The number of unbranched alkanes of at least 4 members (excludes halogenated alkanes) is 2. The van der Waals surface area contributed by atoms with Gasteiger partial charge in [-0.15, -0.1) is 11.3 Å². The number of hydrogen-bond acceptors (Lipinski definition) is 3. The number of nitrogens with zero attached hydrogens (tertiary/aromatic N) is 2. The Balaban J connectivity index is 2.50. The minimum Gasteiger partial charge on any atom is -0.357 e. The molecule has 0 saturated carbocycles. The lowest BCUT2D eigenvalue weighted by atomic mass is 10.2. The first-order valence-electron chi connectivity index (χ1n) is 7.12. The maximum atomic E-state index is 4.62. The van der Waals surface area contributed by atoms with Gasteiger partial charge in [0.25, 0.3) is 0 Å². The van der Waals surface area contributed by atoms with Gasteiger partial charge in [-0.2, -0.15) is 0 Å². The molecule has 0 bridgehead atoms. The van der Waals surface area contributed by atoms with E-state index in [1.54, 1.807) is 11.3 Å². The highest BCUT2D eigenvalue weighted by atomic mass is 32.1. The highest BCUT2D eigenvalue weighted by molar-refractivity contribution is 7.11. The van der Waals surface area contributed by atoms with Gasteiger partial charge in [0, 0.05) is 18.0 Å². The molecule has 0 aliphatic rings. The van der Waals surface area contributed by atoms with Crippen LogP contribution in [0.5, 0.6) is 0 Å². The van der Waals surface area contributed by atoms with E-state index in [4.69, 9.17) is 0 Å². The van der Waals surface area contributed by atoms with Crippen molar-refractivity contribution in [2.45, 2.75) is 53.5 Å². The zero-order valence-electron chi connectivity index (χ0n) is 12.5. The molecule has 0 saturated heterocycles. The zero-order chi connectivity index (χ0) is 14.1. The van der Waals surface area contributed by atoms with Gasteiger partial charge in [-0.3, -0.25) is 0 Å². The molecule has 0 atom stereocenters. The molecule has 0 radical (unpaired) electrons. The summed E-state index contributed by atoms with van der Waals surface area (Å²) in [6.45, 7) is 11.0. The van der Waals surface area contributed by atoms with Gasteiger partial charge in [0.1, 0.15) is 0 Å². The van der Waals surface area contributed by atoms with Crippen molar-refractivity contribution in [3.05, 3.63) is 15.6 Å². The summed E-state index contributed by atoms with van der Waals surface area (Å²) in [5.41, 5.74) is 1.10. The summed E-state index contributed by atoms with van der Waals surface area (Å²) in [6, 6.07) is 0. The van der Waals surface area contributed by atoms with Gasteiger partial charge >= 0.3 is 0 Å². The molecule has 1 aromatic heterocycles. The number of aryl methyl sites for hydroxylation is 2. The lowest BCUT2D eigenvalue weighted by Crippen LogP contribution is -2.37. The second kappa shape index (κ2) is 8.91. The Labute approximate surface area is 120 Å². The third-order valence-corrected chi connectivity index (χ3v) is 3.85. The Morgan fingerprint density at radius 3 is 2.58 bits per heavy atom. The molecule has 4 nitrogen and oxygen atoms in total. The summed E-state index contributed by atoms with van der Waals surface area (Å²) < 4.78 is 0. The molecule has 0 spiro atoms. The topological polar surface area (TPSA) is 49.3 Å². The van der Waals surface area contributed by atoms with Crippen LogP contribution in [0.25, 0.3) is 0 Å². The molecule has 19 heavy (non-hydrogen) atoms. The number of aliphatic imine (C=N–C) groups is 1. The zero-order valence-corrected chi connectivity index (χ0v) is 13.4. The normalized spacial score (nSPS) is 11.7. The maximum absolute atomic E-state index is 4.62. The number of rotatable bonds is 7. The molecule has 1 aromatic rings. The van der Waals surface area contributed by atoms with E-state index in [9.17, 15) is 0 Å². The van der Waals surface area contributed by atoms with Crippen molar-refractivity contribution in [2.24, 2.45) is 4.99 Å². The summed E-state index contributed by atoms with van der Waals surface area (Å²) in [7, 11) is 0. The lowest BCUT2D eigenvalue weighted by Gasteiger charge is -2.10. The highest BCUT2D eigenvalue weighted by Gasteiger charge is 2.04.